The summed E-state index contributed by atoms with van der Waals surface area (Å²) in [6.07, 6.45) is 0.317. The van der Waals surface area contributed by atoms with Crippen molar-refractivity contribution in [1.82, 2.24) is 4.90 Å². The third-order valence-electron chi connectivity index (χ3n) is 5.96. The number of rotatable bonds is 5. The van der Waals surface area contributed by atoms with E-state index in [9.17, 15) is 14.4 Å². The molecular formula is C25H20Cl2N2O4. The highest BCUT2D eigenvalue weighted by Gasteiger charge is 2.53. The van der Waals surface area contributed by atoms with Gasteiger partial charge in [-0.05, 0) is 53.9 Å². The molecule has 8 heteroatoms. The SMILES string of the molecule is CN1C(=O)N(c2cc(Cl)cc(Cl)c2)C(=O)C1(C)Cc1ccc(-c2ccc(C(=O)O)cc2)cc1. The van der Waals surface area contributed by atoms with E-state index < -0.39 is 17.5 Å². The van der Waals surface area contributed by atoms with Crippen molar-refractivity contribution in [1.29, 1.82) is 0 Å². The molecule has 3 amide bonds. The number of benzene rings is 3. The number of imide groups is 1. The Bertz CT molecular complexity index is 1240. The molecule has 1 saturated heterocycles. The molecule has 6 nitrogen and oxygen atoms in total. The Kier molecular flexibility index (Phi) is 5.91. The second-order valence-electron chi connectivity index (χ2n) is 8.14. The van der Waals surface area contributed by atoms with Gasteiger partial charge in [0.05, 0.1) is 11.3 Å². The van der Waals surface area contributed by atoms with Crippen LogP contribution in [0.5, 0.6) is 0 Å². The fraction of sp³-hybridized carbons (Fsp3) is 0.160. The van der Waals surface area contributed by atoms with Gasteiger partial charge in [-0.15, -0.1) is 0 Å². The molecule has 1 heterocycles. The molecule has 168 valence electrons. The standard InChI is InChI=1S/C25H20Cl2N2O4/c1-25(23(32)29(24(33)28(25)2)21-12-19(26)11-20(27)13-21)14-15-3-5-16(6-4-15)17-7-9-18(10-8-17)22(30)31/h3-13H,14H2,1-2H3,(H,30,31). The number of halogens is 2. The number of urea groups is 1. The zero-order chi connectivity index (χ0) is 23.9. The predicted molar refractivity (Wildman–Crippen MR) is 128 cm³/mol. The van der Waals surface area contributed by atoms with Crippen LogP contribution in [0.1, 0.15) is 22.8 Å². The van der Waals surface area contributed by atoms with Gasteiger partial charge in [0.2, 0.25) is 0 Å². The summed E-state index contributed by atoms with van der Waals surface area (Å²) in [5.41, 5.74) is 2.14. The first-order valence-corrected chi connectivity index (χ1v) is 10.9. The van der Waals surface area contributed by atoms with Gasteiger partial charge in [0.25, 0.3) is 5.91 Å². The Morgan fingerprint density at radius 2 is 1.42 bits per heavy atom. The number of carboxylic acids is 1. The van der Waals surface area contributed by atoms with E-state index in [2.05, 4.69) is 0 Å². The van der Waals surface area contributed by atoms with Crippen LogP contribution in [0.25, 0.3) is 11.1 Å². The maximum Gasteiger partial charge on any atom is 0.335 e. The van der Waals surface area contributed by atoms with Crippen molar-refractivity contribution in [3.63, 3.8) is 0 Å². The average Bonchev–Trinajstić information content (AvgIpc) is 2.94. The van der Waals surface area contributed by atoms with Crippen molar-refractivity contribution < 1.29 is 19.5 Å². The number of anilines is 1. The number of hydrogen-bond acceptors (Lipinski definition) is 3. The lowest BCUT2D eigenvalue weighted by molar-refractivity contribution is -0.123. The minimum atomic E-state index is -1.09. The maximum absolute atomic E-state index is 13.4. The van der Waals surface area contributed by atoms with Crippen LogP contribution < -0.4 is 4.90 Å². The molecule has 0 radical (unpaired) electrons. The van der Waals surface area contributed by atoms with E-state index >= 15 is 0 Å². The molecule has 1 N–H and O–H groups in total. The van der Waals surface area contributed by atoms with Gasteiger partial charge in [-0.3, -0.25) is 4.79 Å². The minimum Gasteiger partial charge on any atom is -0.478 e. The molecule has 1 unspecified atom stereocenters. The quantitative estimate of drug-likeness (QED) is 0.469. The summed E-state index contributed by atoms with van der Waals surface area (Å²) in [7, 11) is 1.60. The lowest BCUT2D eigenvalue weighted by Gasteiger charge is -2.28. The highest BCUT2D eigenvalue weighted by molar-refractivity contribution is 6.35. The average molecular weight is 483 g/mol. The smallest absolute Gasteiger partial charge is 0.335 e. The normalized spacial score (nSPS) is 18.2. The van der Waals surface area contributed by atoms with E-state index in [0.29, 0.717) is 22.2 Å². The molecule has 1 atom stereocenters. The van der Waals surface area contributed by atoms with Crippen LogP contribution in [0.4, 0.5) is 10.5 Å². The van der Waals surface area contributed by atoms with Gasteiger partial charge >= 0.3 is 12.0 Å². The molecule has 1 aliphatic rings. The number of nitrogens with zero attached hydrogens (tertiary/aromatic N) is 2. The molecule has 1 fully saturated rings. The lowest BCUT2D eigenvalue weighted by atomic mass is 9.90. The van der Waals surface area contributed by atoms with Crippen molar-refractivity contribution in [2.45, 2.75) is 18.9 Å². The van der Waals surface area contributed by atoms with Crippen LogP contribution in [0.2, 0.25) is 10.0 Å². The van der Waals surface area contributed by atoms with E-state index in [-0.39, 0.29) is 11.5 Å². The third kappa shape index (κ3) is 4.19. The lowest BCUT2D eigenvalue weighted by Crippen LogP contribution is -2.47. The topological polar surface area (TPSA) is 77.9 Å². The van der Waals surface area contributed by atoms with E-state index in [1.54, 1.807) is 38.2 Å². The Labute approximate surface area is 200 Å². The Balaban J connectivity index is 1.58. The van der Waals surface area contributed by atoms with E-state index in [4.69, 9.17) is 28.3 Å². The number of carbonyl (C=O) groups excluding carboxylic acids is 2. The zero-order valence-electron chi connectivity index (χ0n) is 17.9. The summed E-state index contributed by atoms with van der Waals surface area (Å²) in [5, 5.41) is 9.72. The monoisotopic (exact) mass is 482 g/mol. The van der Waals surface area contributed by atoms with Gasteiger partial charge in [-0.25, -0.2) is 14.5 Å². The molecule has 33 heavy (non-hydrogen) atoms. The summed E-state index contributed by atoms with van der Waals surface area (Å²) in [5.74, 6) is -1.33. The van der Waals surface area contributed by atoms with Crippen molar-refractivity contribution >= 4 is 46.8 Å². The number of aromatic carboxylic acids is 1. The molecule has 1 aliphatic heterocycles. The summed E-state index contributed by atoms with van der Waals surface area (Å²) in [6.45, 7) is 1.73. The summed E-state index contributed by atoms with van der Waals surface area (Å²) < 4.78 is 0. The first kappa shape index (κ1) is 22.8. The van der Waals surface area contributed by atoms with Crippen LogP contribution in [0.3, 0.4) is 0 Å². The van der Waals surface area contributed by atoms with Gasteiger partial charge < -0.3 is 10.0 Å². The molecular weight excluding hydrogens is 463 g/mol. The minimum absolute atomic E-state index is 0.223. The number of hydrogen-bond donors (Lipinski definition) is 1. The maximum atomic E-state index is 13.4. The van der Waals surface area contributed by atoms with Gasteiger partial charge in [0, 0.05) is 23.5 Å². The fourth-order valence-corrected chi connectivity index (χ4v) is 4.45. The zero-order valence-corrected chi connectivity index (χ0v) is 19.4. The third-order valence-corrected chi connectivity index (χ3v) is 6.39. The van der Waals surface area contributed by atoms with Crippen LogP contribution >= 0.6 is 23.2 Å². The van der Waals surface area contributed by atoms with E-state index in [0.717, 1.165) is 21.6 Å². The summed E-state index contributed by atoms with van der Waals surface area (Å²) >= 11 is 12.1. The van der Waals surface area contributed by atoms with Crippen molar-refractivity contribution in [3.05, 3.63) is 87.9 Å². The van der Waals surface area contributed by atoms with Crippen molar-refractivity contribution in [3.8, 4) is 11.1 Å². The van der Waals surface area contributed by atoms with Crippen LogP contribution in [0.15, 0.2) is 66.7 Å². The second-order valence-corrected chi connectivity index (χ2v) is 9.01. The molecule has 0 saturated carbocycles. The molecule has 3 aromatic carbocycles. The van der Waals surface area contributed by atoms with Crippen molar-refractivity contribution in [2.75, 3.05) is 11.9 Å². The molecule has 0 aromatic heterocycles. The Hall–Kier alpha value is -3.35. The van der Waals surface area contributed by atoms with Crippen LogP contribution in [0, 0.1) is 0 Å². The highest BCUT2D eigenvalue weighted by Crippen LogP contribution is 2.36. The Morgan fingerprint density at radius 3 is 1.94 bits per heavy atom. The fourth-order valence-electron chi connectivity index (χ4n) is 3.94. The number of amides is 3. The number of carbonyl (C=O) groups is 3. The molecule has 0 aliphatic carbocycles. The van der Waals surface area contributed by atoms with Gasteiger partial charge in [0.1, 0.15) is 5.54 Å². The second kappa shape index (κ2) is 8.54. The first-order valence-electron chi connectivity index (χ1n) is 10.1. The number of carboxylic acid groups (broad SMARTS) is 1. The molecule has 3 aromatic rings. The Morgan fingerprint density at radius 1 is 0.909 bits per heavy atom. The molecule has 0 bridgehead atoms. The number of likely N-dealkylation sites (N-methyl/N-ethyl adjacent to an activating group) is 1. The van der Waals surface area contributed by atoms with Gasteiger partial charge in [-0.2, -0.15) is 0 Å². The summed E-state index contributed by atoms with van der Waals surface area (Å²) in [4.78, 5) is 39.9. The molecule has 0 spiro atoms. The first-order chi connectivity index (χ1) is 15.6. The van der Waals surface area contributed by atoms with Gasteiger partial charge in [0.15, 0.2) is 0 Å². The van der Waals surface area contributed by atoms with E-state index in [1.165, 1.54) is 23.1 Å². The predicted octanol–water partition coefficient (Wildman–Crippen LogP) is 5.76. The van der Waals surface area contributed by atoms with E-state index in [1.807, 2.05) is 24.3 Å². The van der Waals surface area contributed by atoms with Crippen molar-refractivity contribution in [2.24, 2.45) is 0 Å². The van der Waals surface area contributed by atoms with Crippen LogP contribution in [-0.4, -0.2) is 40.5 Å². The molecule has 4 rings (SSSR count). The highest BCUT2D eigenvalue weighted by atomic mass is 35.5. The van der Waals surface area contributed by atoms with Crippen LogP contribution in [-0.2, 0) is 11.2 Å². The largest absolute Gasteiger partial charge is 0.478 e. The van der Waals surface area contributed by atoms with Gasteiger partial charge in [-0.1, -0.05) is 59.6 Å². The summed E-state index contributed by atoms with van der Waals surface area (Å²) in [6, 6.07) is 18.4.